The molecule has 0 saturated heterocycles. The molecule has 1 atom stereocenters. The van der Waals surface area contributed by atoms with Gasteiger partial charge in [0, 0.05) is 35.9 Å². The molecule has 146 valence electrons. The van der Waals surface area contributed by atoms with Crippen molar-refractivity contribution in [1.82, 2.24) is 19.7 Å². The van der Waals surface area contributed by atoms with Gasteiger partial charge in [0.1, 0.15) is 0 Å². The molecule has 1 amide bonds. The first-order valence-corrected chi connectivity index (χ1v) is 9.43. The van der Waals surface area contributed by atoms with Crippen molar-refractivity contribution in [2.45, 2.75) is 38.3 Å². The molecule has 1 saturated carbocycles. The number of amides is 1. The van der Waals surface area contributed by atoms with E-state index in [9.17, 15) is 4.79 Å². The van der Waals surface area contributed by atoms with Gasteiger partial charge in [0.15, 0.2) is 11.5 Å². The molecule has 1 fully saturated rings. The number of nitrogens with one attached hydrogen (secondary N) is 2. The molecule has 9 heteroatoms. The summed E-state index contributed by atoms with van der Waals surface area (Å²) in [4.78, 5) is 16.2. The highest BCUT2D eigenvalue weighted by atomic mass is 16.1. The number of nitrogens with two attached hydrogens (primary N) is 2. The van der Waals surface area contributed by atoms with Crippen LogP contribution < -0.4 is 22.1 Å². The number of carbonyl (C=O) groups excluding carboxylic acids is 1. The predicted octanol–water partition coefficient (Wildman–Crippen LogP) is 2.15. The SMILES string of the molecule is C[C@H](N)CNc1nnc(C(N)=O)c(Nc2cccc3c2ccn3C2CCC2)n1. The summed E-state index contributed by atoms with van der Waals surface area (Å²) in [6.45, 7) is 2.35. The van der Waals surface area contributed by atoms with Gasteiger partial charge in [-0.15, -0.1) is 10.2 Å². The van der Waals surface area contributed by atoms with Crippen molar-refractivity contribution in [1.29, 1.82) is 0 Å². The van der Waals surface area contributed by atoms with Gasteiger partial charge < -0.3 is 26.7 Å². The number of hydrogen-bond acceptors (Lipinski definition) is 7. The van der Waals surface area contributed by atoms with Crippen LogP contribution in [0.15, 0.2) is 30.5 Å². The highest BCUT2D eigenvalue weighted by molar-refractivity contribution is 5.99. The molecule has 2 aromatic heterocycles. The van der Waals surface area contributed by atoms with Gasteiger partial charge in [-0.25, -0.2) is 0 Å². The van der Waals surface area contributed by atoms with Crippen LogP contribution in [0.2, 0.25) is 0 Å². The maximum Gasteiger partial charge on any atom is 0.273 e. The number of aromatic nitrogens is 4. The van der Waals surface area contributed by atoms with Crippen molar-refractivity contribution < 1.29 is 4.79 Å². The molecular weight excluding hydrogens is 356 g/mol. The second-order valence-electron chi connectivity index (χ2n) is 7.23. The van der Waals surface area contributed by atoms with Gasteiger partial charge in [0.05, 0.1) is 5.52 Å². The molecule has 4 rings (SSSR count). The van der Waals surface area contributed by atoms with E-state index in [0.717, 1.165) is 16.6 Å². The largest absolute Gasteiger partial charge is 0.364 e. The number of hydrogen-bond donors (Lipinski definition) is 4. The standard InChI is InChI=1S/C19H24N8O/c1-11(20)10-22-19-24-18(16(17(21)28)25-26-19)23-14-6-3-7-15-13(14)8-9-27(15)12-4-2-5-12/h3,6-9,11-12H,2,4-5,10,20H2,1H3,(H2,21,28)(H2,22,23,24,26)/t11-/m0/s1. The topological polar surface area (TPSA) is 137 Å². The molecule has 0 bridgehead atoms. The molecule has 1 aliphatic carbocycles. The zero-order chi connectivity index (χ0) is 19.7. The van der Waals surface area contributed by atoms with Crippen LogP contribution in [0.1, 0.15) is 42.7 Å². The predicted molar refractivity (Wildman–Crippen MR) is 109 cm³/mol. The summed E-state index contributed by atoms with van der Waals surface area (Å²) in [5, 5.41) is 15.1. The lowest BCUT2D eigenvalue weighted by molar-refractivity contribution is 0.0995. The number of nitrogens with zero attached hydrogens (tertiary/aromatic N) is 4. The summed E-state index contributed by atoms with van der Waals surface area (Å²) < 4.78 is 2.31. The lowest BCUT2D eigenvalue weighted by Gasteiger charge is -2.28. The van der Waals surface area contributed by atoms with Crippen molar-refractivity contribution in [3.8, 4) is 0 Å². The number of primary amides is 1. The minimum Gasteiger partial charge on any atom is -0.364 e. The summed E-state index contributed by atoms with van der Waals surface area (Å²) in [6, 6.07) is 8.58. The zero-order valence-corrected chi connectivity index (χ0v) is 15.7. The molecular formula is C19H24N8O. The van der Waals surface area contributed by atoms with Crippen LogP contribution in [-0.4, -0.2) is 38.2 Å². The number of benzene rings is 1. The first-order chi connectivity index (χ1) is 13.5. The van der Waals surface area contributed by atoms with E-state index in [0.29, 0.717) is 12.6 Å². The van der Waals surface area contributed by atoms with E-state index in [1.165, 1.54) is 19.3 Å². The van der Waals surface area contributed by atoms with Gasteiger partial charge in [0.25, 0.3) is 5.91 Å². The molecule has 0 aliphatic heterocycles. The Labute approximate surface area is 162 Å². The van der Waals surface area contributed by atoms with Crippen LogP contribution in [0.3, 0.4) is 0 Å². The van der Waals surface area contributed by atoms with E-state index in [2.05, 4.69) is 48.7 Å². The van der Waals surface area contributed by atoms with Crippen molar-refractivity contribution in [3.63, 3.8) is 0 Å². The Hall–Kier alpha value is -3.20. The van der Waals surface area contributed by atoms with Gasteiger partial charge in [-0.05, 0) is 44.4 Å². The van der Waals surface area contributed by atoms with E-state index < -0.39 is 5.91 Å². The molecule has 1 aromatic carbocycles. The maximum absolute atomic E-state index is 11.8. The quantitative estimate of drug-likeness (QED) is 0.493. The highest BCUT2D eigenvalue weighted by Gasteiger charge is 2.21. The molecule has 6 N–H and O–H groups in total. The molecule has 0 radical (unpaired) electrons. The lowest BCUT2D eigenvalue weighted by Crippen LogP contribution is -2.26. The maximum atomic E-state index is 11.8. The van der Waals surface area contributed by atoms with Crippen LogP contribution in [0.4, 0.5) is 17.5 Å². The van der Waals surface area contributed by atoms with Gasteiger partial charge in [-0.2, -0.15) is 4.98 Å². The van der Waals surface area contributed by atoms with E-state index in [-0.39, 0.29) is 23.5 Å². The fourth-order valence-corrected chi connectivity index (χ4v) is 3.31. The summed E-state index contributed by atoms with van der Waals surface area (Å²) in [6.07, 6.45) is 5.80. The third kappa shape index (κ3) is 3.48. The normalized spacial score (nSPS) is 15.2. The van der Waals surface area contributed by atoms with Crippen LogP contribution in [-0.2, 0) is 0 Å². The Morgan fingerprint density at radius 1 is 1.32 bits per heavy atom. The average Bonchev–Trinajstić information content (AvgIpc) is 3.03. The number of fused-ring (bicyclic) bond motifs is 1. The smallest absolute Gasteiger partial charge is 0.273 e. The Morgan fingerprint density at radius 2 is 2.14 bits per heavy atom. The number of rotatable bonds is 7. The second-order valence-corrected chi connectivity index (χ2v) is 7.23. The Kier molecular flexibility index (Phi) is 4.82. The van der Waals surface area contributed by atoms with Gasteiger partial charge in [0.2, 0.25) is 5.95 Å². The summed E-state index contributed by atoms with van der Waals surface area (Å²) >= 11 is 0. The van der Waals surface area contributed by atoms with Gasteiger partial charge >= 0.3 is 0 Å². The fourth-order valence-electron chi connectivity index (χ4n) is 3.31. The van der Waals surface area contributed by atoms with Crippen LogP contribution >= 0.6 is 0 Å². The molecule has 28 heavy (non-hydrogen) atoms. The highest BCUT2D eigenvalue weighted by Crippen LogP contribution is 2.36. The summed E-state index contributed by atoms with van der Waals surface area (Å²) in [5.74, 6) is -0.150. The fraction of sp³-hybridized carbons (Fsp3) is 0.368. The van der Waals surface area contributed by atoms with Crippen LogP contribution in [0.5, 0.6) is 0 Å². The third-order valence-corrected chi connectivity index (χ3v) is 4.99. The van der Waals surface area contributed by atoms with E-state index in [1.54, 1.807) is 0 Å². The molecule has 2 heterocycles. The monoisotopic (exact) mass is 380 g/mol. The third-order valence-electron chi connectivity index (χ3n) is 4.99. The number of anilines is 3. The first kappa shape index (κ1) is 18.2. The Balaban J connectivity index is 1.68. The van der Waals surface area contributed by atoms with Crippen molar-refractivity contribution in [3.05, 3.63) is 36.2 Å². The minimum atomic E-state index is -0.694. The molecule has 0 unspecified atom stereocenters. The van der Waals surface area contributed by atoms with E-state index in [4.69, 9.17) is 11.5 Å². The van der Waals surface area contributed by atoms with Crippen LogP contribution in [0.25, 0.3) is 10.9 Å². The summed E-state index contributed by atoms with van der Waals surface area (Å²) in [7, 11) is 0. The van der Waals surface area contributed by atoms with E-state index >= 15 is 0 Å². The zero-order valence-electron chi connectivity index (χ0n) is 15.7. The molecule has 0 spiro atoms. The Morgan fingerprint density at radius 3 is 2.82 bits per heavy atom. The Bertz CT molecular complexity index is 1010. The number of carbonyl (C=O) groups is 1. The molecule has 3 aromatic rings. The lowest BCUT2D eigenvalue weighted by atomic mass is 9.93. The van der Waals surface area contributed by atoms with Crippen LogP contribution in [0, 0.1) is 0 Å². The minimum absolute atomic E-state index is 0.0122. The molecule has 9 nitrogen and oxygen atoms in total. The first-order valence-electron chi connectivity index (χ1n) is 9.43. The van der Waals surface area contributed by atoms with Gasteiger partial charge in [-0.3, -0.25) is 4.79 Å². The van der Waals surface area contributed by atoms with Crippen molar-refractivity contribution >= 4 is 34.3 Å². The summed E-state index contributed by atoms with van der Waals surface area (Å²) in [5.41, 5.74) is 13.2. The van der Waals surface area contributed by atoms with E-state index in [1.807, 2.05) is 19.1 Å². The molecule has 1 aliphatic rings. The van der Waals surface area contributed by atoms with Crippen molar-refractivity contribution in [2.24, 2.45) is 11.5 Å². The van der Waals surface area contributed by atoms with Crippen molar-refractivity contribution in [2.75, 3.05) is 17.2 Å². The average molecular weight is 380 g/mol. The second kappa shape index (κ2) is 7.43. The van der Waals surface area contributed by atoms with Gasteiger partial charge in [-0.1, -0.05) is 6.07 Å².